The molecule has 1 heterocycles. The Kier molecular flexibility index (Phi) is 3.58. The highest BCUT2D eigenvalue weighted by molar-refractivity contribution is 5.89. The number of hydrogen-bond donors (Lipinski definition) is 2. The molecule has 0 radical (unpaired) electrons. The molecule has 17 heavy (non-hydrogen) atoms. The van der Waals surface area contributed by atoms with E-state index in [1.807, 2.05) is 7.05 Å². The van der Waals surface area contributed by atoms with E-state index in [0.29, 0.717) is 18.3 Å². The lowest BCUT2D eigenvalue weighted by molar-refractivity contribution is 0.221. The number of likely N-dealkylation sites (N-methyl/N-ethyl adjacent to an activating group) is 1. The second kappa shape index (κ2) is 5.14. The van der Waals surface area contributed by atoms with Crippen LogP contribution in [-0.2, 0) is 0 Å². The van der Waals surface area contributed by atoms with E-state index >= 15 is 0 Å². The van der Waals surface area contributed by atoms with Gasteiger partial charge in [-0.25, -0.2) is 9.18 Å². The summed E-state index contributed by atoms with van der Waals surface area (Å²) in [6, 6.07) is 6.01. The van der Waals surface area contributed by atoms with E-state index in [1.54, 1.807) is 17.0 Å². The van der Waals surface area contributed by atoms with Crippen molar-refractivity contribution in [1.29, 1.82) is 0 Å². The lowest BCUT2D eigenvalue weighted by atomic mass is 10.3. The number of benzene rings is 1. The summed E-state index contributed by atoms with van der Waals surface area (Å²) in [7, 11) is 1.89. The Labute approximate surface area is 99.8 Å². The highest BCUT2D eigenvalue weighted by Crippen LogP contribution is 2.13. The fourth-order valence-electron chi connectivity index (χ4n) is 1.92. The maximum atomic E-state index is 12.7. The fraction of sp³-hybridized carbons (Fsp3) is 0.417. The Morgan fingerprint density at radius 2 is 2.12 bits per heavy atom. The van der Waals surface area contributed by atoms with Crippen LogP contribution in [0.15, 0.2) is 24.3 Å². The fourth-order valence-corrected chi connectivity index (χ4v) is 1.92. The molecular formula is C12H16FN3O. The summed E-state index contributed by atoms with van der Waals surface area (Å²) in [5.74, 6) is -0.306. The number of carbonyl (C=O) groups excluding carboxylic acids is 1. The molecule has 1 atom stereocenters. The summed E-state index contributed by atoms with van der Waals surface area (Å²) in [6.07, 6.45) is 0.966. The summed E-state index contributed by atoms with van der Waals surface area (Å²) < 4.78 is 12.7. The average Bonchev–Trinajstić information content (AvgIpc) is 2.81. The van der Waals surface area contributed by atoms with E-state index in [1.165, 1.54) is 12.1 Å². The first-order chi connectivity index (χ1) is 8.19. The zero-order valence-electron chi connectivity index (χ0n) is 9.74. The Morgan fingerprint density at radius 3 is 2.71 bits per heavy atom. The Morgan fingerprint density at radius 1 is 1.41 bits per heavy atom. The molecule has 1 aliphatic rings. The number of amides is 2. The summed E-state index contributed by atoms with van der Waals surface area (Å²) in [5.41, 5.74) is 0.615. The molecule has 0 aliphatic carbocycles. The molecular weight excluding hydrogens is 221 g/mol. The molecule has 4 nitrogen and oxygen atoms in total. The van der Waals surface area contributed by atoms with Gasteiger partial charge in [0, 0.05) is 24.8 Å². The van der Waals surface area contributed by atoms with Gasteiger partial charge in [0.1, 0.15) is 5.82 Å². The first kappa shape index (κ1) is 11.9. The van der Waals surface area contributed by atoms with Crippen LogP contribution in [-0.4, -0.2) is 37.1 Å². The molecule has 0 aromatic heterocycles. The van der Waals surface area contributed by atoms with Crippen LogP contribution in [0.1, 0.15) is 6.42 Å². The van der Waals surface area contributed by atoms with Crippen LogP contribution >= 0.6 is 0 Å². The molecule has 1 aromatic carbocycles. The normalized spacial score (nSPS) is 19.4. The van der Waals surface area contributed by atoms with Gasteiger partial charge in [-0.3, -0.25) is 0 Å². The molecule has 0 saturated carbocycles. The highest BCUT2D eigenvalue weighted by Gasteiger charge is 2.24. The highest BCUT2D eigenvalue weighted by atomic mass is 19.1. The minimum atomic E-state index is -0.306. The van der Waals surface area contributed by atoms with Crippen molar-refractivity contribution in [2.75, 3.05) is 25.5 Å². The summed E-state index contributed by atoms with van der Waals surface area (Å²) >= 11 is 0. The van der Waals surface area contributed by atoms with Gasteiger partial charge in [0.05, 0.1) is 0 Å². The molecule has 2 N–H and O–H groups in total. The lowest BCUT2D eigenvalue weighted by Crippen LogP contribution is -2.36. The number of urea groups is 1. The van der Waals surface area contributed by atoms with Gasteiger partial charge < -0.3 is 15.5 Å². The third kappa shape index (κ3) is 2.94. The third-order valence-corrected chi connectivity index (χ3v) is 2.98. The zero-order chi connectivity index (χ0) is 12.3. The summed E-state index contributed by atoms with van der Waals surface area (Å²) in [6.45, 7) is 1.46. The van der Waals surface area contributed by atoms with Crippen LogP contribution in [0.2, 0.25) is 0 Å². The van der Waals surface area contributed by atoms with Crippen LogP contribution in [0.3, 0.4) is 0 Å². The second-order valence-electron chi connectivity index (χ2n) is 4.16. The number of rotatable bonds is 2. The lowest BCUT2D eigenvalue weighted by Gasteiger charge is -2.17. The largest absolute Gasteiger partial charge is 0.323 e. The van der Waals surface area contributed by atoms with Crippen molar-refractivity contribution in [3.8, 4) is 0 Å². The average molecular weight is 237 g/mol. The van der Waals surface area contributed by atoms with Gasteiger partial charge in [-0.2, -0.15) is 0 Å². The minimum Gasteiger partial charge on any atom is -0.323 e. The predicted octanol–water partition coefficient (Wildman–Crippen LogP) is 1.65. The molecule has 0 unspecified atom stereocenters. The van der Waals surface area contributed by atoms with Gasteiger partial charge >= 0.3 is 6.03 Å². The molecule has 2 rings (SSSR count). The quantitative estimate of drug-likeness (QED) is 0.821. The molecule has 1 fully saturated rings. The number of nitrogens with zero attached hydrogens (tertiary/aromatic N) is 1. The third-order valence-electron chi connectivity index (χ3n) is 2.98. The molecule has 1 saturated heterocycles. The van der Waals surface area contributed by atoms with E-state index < -0.39 is 0 Å². The molecule has 0 spiro atoms. The monoisotopic (exact) mass is 237 g/mol. The predicted molar refractivity (Wildman–Crippen MR) is 64.5 cm³/mol. The van der Waals surface area contributed by atoms with Gasteiger partial charge in [0.2, 0.25) is 0 Å². The van der Waals surface area contributed by atoms with Gasteiger partial charge in [-0.05, 0) is 37.7 Å². The van der Waals surface area contributed by atoms with Crippen LogP contribution in [0.25, 0.3) is 0 Å². The van der Waals surface area contributed by atoms with Crippen molar-refractivity contribution >= 4 is 11.7 Å². The van der Waals surface area contributed by atoms with Crippen LogP contribution in [0, 0.1) is 5.82 Å². The Hall–Kier alpha value is -1.62. The van der Waals surface area contributed by atoms with Crippen molar-refractivity contribution in [1.82, 2.24) is 10.2 Å². The van der Waals surface area contributed by atoms with Gasteiger partial charge in [-0.15, -0.1) is 0 Å². The first-order valence-electron chi connectivity index (χ1n) is 5.68. The minimum absolute atomic E-state index is 0.130. The molecule has 92 valence electrons. The molecule has 5 heteroatoms. The SMILES string of the molecule is CN[C@H]1CCN(C(=O)Nc2ccc(F)cc2)C1. The van der Waals surface area contributed by atoms with Crippen LogP contribution < -0.4 is 10.6 Å². The maximum Gasteiger partial charge on any atom is 0.321 e. The summed E-state index contributed by atoms with van der Waals surface area (Å²) in [4.78, 5) is 13.6. The van der Waals surface area contributed by atoms with Crippen LogP contribution in [0.5, 0.6) is 0 Å². The molecule has 2 amide bonds. The Bertz CT molecular complexity index is 393. The molecule has 1 aromatic rings. The van der Waals surface area contributed by atoms with Crippen molar-refractivity contribution in [3.63, 3.8) is 0 Å². The standard InChI is InChI=1S/C12H16FN3O/c1-14-11-6-7-16(8-11)12(17)15-10-4-2-9(13)3-5-10/h2-5,11,14H,6-8H2,1H3,(H,15,17)/t11-/m0/s1. The summed E-state index contributed by atoms with van der Waals surface area (Å²) in [5, 5.41) is 5.90. The van der Waals surface area contributed by atoms with Crippen molar-refractivity contribution in [3.05, 3.63) is 30.1 Å². The molecule has 0 bridgehead atoms. The van der Waals surface area contributed by atoms with E-state index in [0.717, 1.165) is 13.0 Å². The number of nitrogens with one attached hydrogen (secondary N) is 2. The van der Waals surface area contributed by atoms with E-state index in [9.17, 15) is 9.18 Å². The number of likely N-dealkylation sites (tertiary alicyclic amines) is 1. The Balaban J connectivity index is 1.91. The smallest absolute Gasteiger partial charge is 0.321 e. The van der Waals surface area contributed by atoms with Crippen molar-refractivity contribution in [2.24, 2.45) is 0 Å². The van der Waals surface area contributed by atoms with E-state index in [-0.39, 0.29) is 11.8 Å². The van der Waals surface area contributed by atoms with E-state index in [2.05, 4.69) is 10.6 Å². The second-order valence-corrected chi connectivity index (χ2v) is 4.16. The number of anilines is 1. The maximum absolute atomic E-state index is 12.7. The number of hydrogen-bond acceptors (Lipinski definition) is 2. The van der Waals surface area contributed by atoms with Gasteiger partial charge in [0.25, 0.3) is 0 Å². The van der Waals surface area contributed by atoms with Crippen molar-refractivity contribution in [2.45, 2.75) is 12.5 Å². The van der Waals surface area contributed by atoms with Crippen LogP contribution in [0.4, 0.5) is 14.9 Å². The van der Waals surface area contributed by atoms with Gasteiger partial charge in [-0.1, -0.05) is 0 Å². The van der Waals surface area contributed by atoms with Crippen molar-refractivity contribution < 1.29 is 9.18 Å². The first-order valence-corrected chi connectivity index (χ1v) is 5.68. The van der Waals surface area contributed by atoms with Gasteiger partial charge in [0.15, 0.2) is 0 Å². The molecule has 1 aliphatic heterocycles. The van der Waals surface area contributed by atoms with E-state index in [4.69, 9.17) is 0 Å². The topological polar surface area (TPSA) is 44.4 Å². The zero-order valence-corrected chi connectivity index (χ0v) is 9.74. The number of carbonyl (C=O) groups is 1. The number of halogens is 1.